The van der Waals surface area contributed by atoms with E-state index in [1.54, 1.807) is 24.3 Å². The number of rotatable bonds is 8. The first-order valence-electron chi connectivity index (χ1n) is 15.6. The fraction of sp³-hybridized carbons (Fsp3) is 0.179. The Hall–Kier alpha value is -5.37. The lowest BCUT2D eigenvalue weighted by atomic mass is 9.79. The van der Waals surface area contributed by atoms with Crippen molar-refractivity contribution in [3.63, 3.8) is 0 Å². The predicted molar refractivity (Wildman–Crippen MR) is 180 cm³/mol. The molecule has 5 aromatic rings. The molecule has 2 N–H and O–H groups in total. The van der Waals surface area contributed by atoms with Crippen molar-refractivity contribution >= 4 is 28.9 Å². The summed E-state index contributed by atoms with van der Waals surface area (Å²) in [5.41, 5.74) is 4.12. The minimum Gasteiger partial charge on any atom is -0.372 e. The number of nitrogens with zero attached hydrogens (tertiary/aromatic N) is 1. The van der Waals surface area contributed by atoms with Crippen molar-refractivity contribution in [2.75, 3.05) is 28.6 Å². The first kappa shape index (κ1) is 31.6. The monoisotopic (exact) mass is 633 g/mol. The lowest BCUT2D eigenvalue weighted by molar-refractivity contribution is -0.137. The molecule has 238 valence electrons. The van der Waals surface area contributed by atoms with E-state index in [1.165, 1.54) is 12.1 Å². The third kappa shape index (κ3) is 7.55. The SMILES string of the molecule is O=C(Nc1ccc(N2CCC(C(C(=O)Nc3ccccc3)c3ccccc3)CC2)cc1)c1ccccc1-c1ccc(C(F)(F)F)cc1. The molecule has 1 atom stereocenters. The highest BCUT2D eigenvalue weighted by molar-refractivity contribution is 6.08. The van der Waals surface area contributed by atoms with Gasteiger partial charge in [0.1, 0.15) is 0 Å². The summed E-state index contributed by atoms with van der Waals surface area (Å²) in [6.07, 6.45) is -2.73. The number of alkyl halides is 3. The summed E-state index contributed by atoms with van der Waals surface area (Å²) < 4.78 is 39.1. The zero-order valence-corrected chi connectivity index (χ0v) is 25.6. The molecule has 1 aliphatic heterocycles. The van der Waals surface area contributed by atoms with Crippen molar-refractivity contribution in [1.82, 2.24) is 0 Å². The van der Waals surface area contributed by atoms with E-state index in [0.29, 0.717) is 22.4 Å². The fourth-order valence-corrected chi connectivity index (χ4v) is 6.26. The van der Waals surface area contributed by atoms with Gasteiger partial charge >= 0.3 is 6.18 Å². The van der Waals surface area contributed by atoms with Crippen LogP contribution in [-0.2, 0) is 11.0 Å². The number of benzene rings is 5. The lowest BCUT2D eigenvalue weighted by Gasteiger charge is -2.37. The van der Waals surface area contributed by atoms with E-state index in [1.807, 2.05) is 84.9 Å². The second-order valence-corrected chi connectivity index (χ2v) is 11.7. The van der Waals surface area contributed by atoms with Crippen LogP contribution in [0.5, 0.6) is 0 Å². The first-order chi connectivity index (χ1) is 22.8. The lowest BCUT2D eigenvalue weighted by Crippen LogP contribution is -2.38. The standard InChI is InChI=1S/C39H34F3N3O2/c40-39(41,42)30-17-15-27(16-18-30)34-13-7-8-14-35(34)37(46)43-32-19-21-33(22-20-32)45-25-23-29(24-26-45)36(28-9-3-1-4-10-28)38(47)44-31-11-5-2-6-12-31/h1-22,29,36H,23-26H2,(H,43,46)(H,44,47). The number of amides is 2. The molecule has 1 aliphatic rings. The molecule has 5 nitrogen and oxygen atoms in total. The largest absolute Gasteiger partial charge is 0.416 e. The molecule has 1 saturated heterocycles. The molecule has 0 radical (unpaired) electrons. The zero-order valence-electron chi connectivity index (χ0n) is 25.6. The summed E-state index contributed by atoms with van der Waals surface area (Å²) in [6.45, 7) is 1.58. The smallest absolute Gasteiger partial charge is 0.372 e. The van der Waals surface area contributed by atoms with Gasteiger partial charge in [-0.1, -0.05) is 78.9 Å². The third-order valence-corrected chi connectivity index (χ3v) is 8.68. The number of para-hydroxylation sites is 1. The van der Waals surface area contributed by atoms with Gasteiger partial charge in [-0.05, 0) is 90.0 Å². The normalized spacial score (nSPS) is 14.3. The number of piperidine rings is 1. The Balaban J connectivity index is 1.10. The van der Waals surface area contributed by atoms with Crippen molar-refractivity contribution in [2.24, 2.45) is 5.92 Å². The van der Waals surface area contributed by atoms with Gasteiger partial charge in [-0.15, -0.1) is 0 Å². The van der Waals surface area contributed by atoms with Crippen LogP contribution in [0.4, 0.5) is 30.2 Å². The quantitative estimate of drug-likeness (QED) is 0.179. The van der Waals surface area contributed by atoms with Gasteiger partial charge in [-0.25, -0.2) is 0 Å². The minimum absolute atomic E-state index is 0.000778. The van der Waals surface area contributed by atoms with Gasteiger partial charge < -0.3 is 15.5 Å². The van der Waals surface area contributed by atoms with Gasteiger partial charge in [0, 0.05) is 35.7 Å². The molecule has 1 heterocycles. The minimum atomic E-state index is -4.43. The molecule has 6 rings (SSSR count). The van der Waals surface area contributed by atoms with Crippen LogP contribution in [0.25, 0.3) is 11.1 Å². The number of carbonyl (C=O) groups is 2. The Bertz CT molecular complexity index is 1800. The van der Waals surface area contributed by atoms with Crippen LogP contribution < -0.4 is 15.5 Å². The highest BCUT2D eigenvalue weighted by Crippen LogP contribution is 2.36. The van der Waals surface area contributed by atoms with E-state index in [0.717, 1.165) is 55.0 Å². The number of nitrogens with one attached hydrogen (secondary N) is 2. The summed E-state index contributed by atoms with van der Waals surface area (Å²) in [7, 11) is 0. The van der Waals surface area contributed by atoms with E-state index in [9.17, 15) is 22.8 Å². The van der Waals surface area contributed by atoms with Crippen LogP contribution in [0.3, 0.4) is 0 Å². The number of anilines is 3. The molecule has 5 aromatic carbocycles. The van der Waals surface area contributed by atoms with Gasteiger partial charge in [0.2, 0.25) is 5.91 Å². The summed E-state index contributed by atoms with van der Waals surface area (Å²) in [5.74, 6) is -0.433. The summed E-state index contributed by atoms with van der Waals surface area (Å²) >= 11 is 0. The van der Waals surface area contributed by atoms with Crippen LogP contribution in [0, 0.1) is 5.92 Å². The van der Waals surface area contributed by atoms with Crippen LogP contribution in [0.2, 0.25) is 0 Å². The van der Waals surface area contributed by atoms with E-state index < -0.39 is 11.7 Å². The van der Waals surface area contributed by atoms with Crippen LogP contribution in [0.1, 0.15) is 40.2 Å². The molecule has 0 bridgehead atoms. The van der Waals surface area contributed by atoms with E-state index >= 15 is 0 Å². The van der Waals surface area contributed by atoms with E-state index in [2.05, 4.69) is 15.5 Å². The molecule has 0 spiro atoms. The molecule has 0 aliphatic carbocycles. The maximum Gasteiger partial charge on any atom is 0.416 e. The van der Waals surface area contributed by atoms with Gasteiger partial charge in [0.15, 0.2) is 0 Å². The molecule has 2 amide bonds. The van der Waals surface area contributed by atoms with E-state index in [-0.39, 0.29) is 23.7 Å². The molecule has 8 heteroatoms. The van der Waals surface area contributed by atoms with Crippen LogP contribution in [-0.4, -0.2) is 24.9 Å². The van der Waals surface area contributed by atoms with Crippen LogP contribution >= 0.6 is 0 Å². The Morgan fingerprint density at radius 2 is 1.23 bits per heavy atom. The predicted octanol–water partition coefficient (Wildman–Crippen LogP) is 9.26. The van der Waals surface area contributed by atoms with Crippen molar-refractivity contribution in [1.29, 1.82) is 0 Å². The van der Waals surface area contributed by atoms with Crippen molar-refractivity contribution in [2.45, 2.75) is 24.9 Å². The zero-order chi connectivity index (χ0) is 32.8. The van der Waals surface area contributed by atoms with Gasteiger partial charge in [0.05, 0.1) is 11.5 Å². The number of hydrogen-bond donors (Lipinski definition) is 2. The average molecular weight is 634 g/mol. The van der Waals surface area contributed by atoms with Gasteiger partial charge in [-0.3, -0.25) is 9.59 Å². The highest BCUT2D eigenvalue weighted by atomic mass is 19.4. The third-order valence-electron chi connectivity index (χ3n) is 8.68. The first-order valence-corrected chi connectivity index (χ1v) is 15.6. The van der Waals surface area contributed by atoms with E-state index in [4.69, 9.17) is 0 Å². The molecular weight excluding hydrogens is 599 g/mol. The number of hydrogen-bond acceptors (Lipinski definition) is 3. The molecule has 0 saturated carbocycles. The molecule has 1 fully saturated rings. The Labute approximate surface area is 272 Å². The Morgan fingerprint density at radius 3 is 1.87 bits per heavy atom. The maximum absolute atomic E-state index is 13.5. The van der Waals surface area contributed by atoms with Crippen LogP contribution in [0.15, 0.2) is 133 Å². The summed E-state index contributed by atoms with van der Waals surface area (Å²) in [4.78, 5) is 29.1. The fourth-order valence-electron chi connectivity index (χ4n) is 6.26. The van der Waals surface area contributed by atoms with Crippen molar-refractivity contribution < 1.29 is 22.8 Å². The average Bonchev–Trinajstić information content (AvgIpc) is 3.10. The van der Waals surface area contributed by atoms with Crippen molar-refractivity contribution in [3.8, 4) is 11.1 Å². The van der Waals surface area contributed by atoms with Gasteiger partial charge in [-0.2, -0.15) is 13.2 Å². The summed E-state index contributed by atoms with van der Waals surface area (Å²) in [5, 5.41) is 6.03. The van der Waals surface area contributed by atoms with Crippen molar-refractivity contribution in [3.05, 3.63) is 150 Å². The Morgan fingerprint density at radius 1 is 0.660 bits per heavy atom. The summed E-state index contributed by atoms with van der Waals surface area (Å²) in [6, 6.07) is 38.8. The number of halogens is 3. The topological polar surface area (TPSA) is 61.4 Å². The highest BCUT2D eigenvalue weighted by Gasteiger charge is 2.33. The molecule has 0 aromatic heterocycles. The van der Waals surface area contributed by atoms with Gasteiger partial charge in [0.25, 0.3) is 5.91 Å². The number of carbonyl (C=O) groups excluding carboxylic acids is 2. The molecule has 47 heavy (non-hydrogen) atoms. The Kier molecular flexibility index (Phi) is 9.38. The molecular formula is C39H34F3N3O2. The maximum atomic E-state index is 13.5. The second kappa shape index (κ2) is 14.0. The molecule has 1 unspecified atom stereocenters. The second-order valence-electron chi connectivity index (χ2n) is 11.7.